The standard InChI is InChI=1S/C18H22N2O4/c21-17(12-20-8-5-14-3-1-2-4-16(14)20)19-11-15(18(22)23)13-6-9-24-10-7-13/h1-5,8,13,15H,6-7,9-12H2,(H,19,21)(H,22,23). The van der Waals surface area contributed by atoms with Gasteiger partial charge in [0.05, 0.1) is 5.92 Å². The van der Waals surface area contributed by atoms with Crippen LogP contribution < -0.4 is 5.32 Å². The second-order valence-electron chi connectivity index (χ2n) is 6.20. The summed E-state index contributed by atoms with van der Waals surface area (Å²) in [6.07, 6.45) is 3.33. The first kappa shape index (κ1) is 16.5. The molecular formula is C18H22N2O4. The first-order valence-electron chi connectivity index (χ1n) is 8.26. The molecule has 1 fully saturated rings. The number of carbonyl (C=O) groups is 2. The highest BCUT2D eigenvalue weighted by atomic mass is 16.5. The van der Waals surface area contributed by atoms with Gasteiger partial charge in [-0.3, -0.25) is 9.59 Å². The van der Waals surface area contributed by atoms with Crippen molar-refractivity contribution in [2.45, 2.75) is 19.4 Å². The van der Waals surface area contributed by atoms with Crippen LogP contribution in [0.4, 0.5) is 0 Å². The van der Waals surface area contributed by atoms with Gasteiger partial charge >= 0.3 is 5.97 Å². The number of nitrogens with one attached hydrogen (secondary N) is 1. The third-order valence-electron chi connectivity index (χ3n) is 4.67. The minimum absolute atomic E-state index is 0.0592. The van der Waals surface area contributed by atoms with Crippen LogP contribution >= 0.6 is 0 Å². The summed E-state index contributed by atoms with van der Waals surface area (Å²) in [5.41, 5.74) is 0.992. The summed E-state index contributed by atoms with van der Waals surface area (Å²) in [7, 11) is 0. The molecule has 1 aliphatic rings. The van der Waals surface area contributed by atoms with E-state index in [0.717, 1.165) is 23.7 Å². The maximum absolute atomic E-state index is 12.2. The van der Waals surface area contributed by atoms with Crippen molar-refractivity contribution in [1.29, 1.82) is 0 Å². The number of amides is 1. The molecule has 2 heterocycles. The van der Waals surface area contributed by atoms with Crippen molar-refractivity contribution in [3.63, 3.8) is 0 Å². The zero-order chi connectivity index (χ0) is 16.9. The molecule has 0 bridgehead atoms. The van der Waals surface area contributed by atoms with Gasteiger partial charge in [-0.1, -0.05) is 18.2 Å². The van der Waals surface area contributed by atoms with E-state index in [1.807, 2.05) is 41.1 Å². The molecule has 0 saturated carbocycles. The number of benzene rings is 1. The zero-order valence-electron chi connectivity index (χ0n) is 13.5. The fraction of sp³-hybridized carbons (Fsp3) is 0.444. The molecule has 24 heavy (non-hydrogen) atoms. The van der Waals surface area contributed by atoms with E-state index in [9.17, 15) is 14.7 Å². The molecule has 2 aromatic rings. The highest BCUT2D eigenvalue weighted by Gasteiger charge is 2.29. The normalized spacial score (nSPS) is 16.8. The third-order valence-corrected chi connectivity index (χ3v) is 4.67. The third kappa shape index (κ3) is 3.76. The van der Waals surface area contributed by atoms with E-state index >= 15 is 0 Å². The number of carboxylic acid groups (broad SMARTS) is 1. The molecule has 1 aliphatic heterocycles. The number of para-hydroxylation sites is 1. The second kappa shape index (κ2) is 7.49. The summed E-state index contributed by atoms with van der Waals surface area (Å²) in [4.78, 5) is 23.7. The molecule has 0 spiro atoms. The number of hydrogen-bond acceptors (Lipinski definition) is 3. The zero-order valence-corrected chi connectivity index (χ0v) is 13.5. The monoisotopic (exact) mass is 330 g/mol. The Balaban J connectivity index is 1.58. The highest BCUT2D eigenvalue weighted by Crippen LogP contribution is 2.23. The number of ether oxygens (including phenoxy) is 1. The summed E-state index contributed by atoms with van der Waals surface area (Å²) in [6, 6.07) is 9.81. The first-order chi connectivity index (χ1) is 11.6. The Morgan fingerprint density at radius 1 is 1.25 bits per heavy atom. The van der Waals surface area contributed by atoms with E-state index in [-0.39, 0.29) is 24.9 Å². The van der Waals surface area contributed by atoms with E-state index in [1.54, 1.807) is 0 Å². The smallest absolute Gasteiger partial charge is 0.308 e. The Morgan fingerprint density at radius 2 is 2.00 bits per heavy atom. The van der Waals surface area contributed by atoms with Gasteiger partial charge in [-0.25, -0.2) is 0 Å². The molecule has 1 aromatic heterocycles. The maximum Gasteiger partial charge on any atom is 0.308 e. The Hall–Kier alpha value is -2.34. The molecular weight excluding hydrogens is 308 g/mol. The van der Waals surface area contributed by atoms with Gasteiger partial charge < -0.3 is 19.7 Å². The lowest BCUT2D eigenvalue weighted by atomic mass is 9.86. The minimum Gasteiger partial charge on any atom is -0.481 e. The van der Waals surface area contributed by atoms with Gasteiger partial charge in [-0.2, -0.15) is 0 Å². The molecule has 0 radical (unpaired) electrons. The van der Waals surface area contributed by atoms with Gasteiger partial charge in [0.2, 0.25) is 5.91 Å². The quantitative estimate of drug-likeness (QED) is 0.847. The van der Waals surface area contributed by atoms with Crippen LogP contribution in [0.15, 0.2) is 36.5 Å². The molecule has 3 rings (SSSR count). The molecule has 1 aromatic carbocycles. The lowest BCUT2D eigenvalue weighted by Gasteiger charge is -2.27. The molecule has 1 atom stereocenters. The van der Waals surface area contributed by atoms with E-state index in [1.165, 1.54) is 0 Å². The average Bonchev–Trinajstić information content (AvgIpc) is 2.99. The van der Waals surface area contributed by atoms with Crippen molar-refractivity contribution in [1.82, 2.24) is 9.88 Å². The topological polar surface area (TPSA) is 80.6 Å². The fourth-order valence-corrected chi connectivity index (χ4v) is 3.29. The molecule has 128 valence electrons. The van der Waals surface area contributed by atoms with Crippen LogP contribution in [0.1, 0.15) is 12.8 Å². The van der Waals surface area contributed by atoms with Crippen LogP contribution in [-0.2, 0) is 20.9 Å². The van der Waals surface area contributed by atoms with E-state index in [0.29, 0.717) is 13.2 Å². The lowest BCUT2D eigenvalue weighted by molar-refractivity contribution is -0.145. The summed E-state index contributed by atoms with van der Waals surface area (Å²) < 4.78 is 7.15. The van der Waals surface area contributed by atoms with Crippen molar-refractivity contribution in [2.75, 3.05) is 19.8 Å². The van der Waals surface area contributed by atoms with Gasteiger partial charge in [0, 0.05) is 31.5 Å². The minimum atomic E-state index is -0.853. The Morgan fingerprint density at radius 3 is 2.75 bits per heavy atom. The Kier molecular flexibility index (Phi) is 5.15. The summed E-state index contributed by atoms with van der Waals surface area (Å²) in [6.45, 7) is 1.54. The van der Waals surface area contributed by atoms with Crippen LogP contribution in [0.5, 0.6) is 0 Å². The van der Waals surface area contributed by atoms with Crippen molar-refractivity contribution in [3.8, 4) is 0 Å². The second-order valence-corrected chi connectivity index (χ2v) is 6.20. The van der Waals surface area contributed by atoms with E-state index in [4.69, 9.17) is 4.74 Å². The Labute approximate surface area is 140 Å². The van der Waals surface area contributed by atoms with Crippen molar-refractivity contribution in [2.24, 2.45) is 11.8 Å². The van der Waals surface area contributed by atoms with Gasteiger partial charge in [-0.05, 0) is 36.3 Å². The highest BCUT2D eigenvalue weighted by molar-refractivity contribution is 5.83. The summed E-state index contributed by atoms with van der Waals surface area (Å²) >= 11 is 0. The number of carboxylic acids is 1. The largest absolute Gasteiger partial charge is 0.481 e. The van der Waals surface area contributed by atoms with Crippen LogP contribution in [0, 0.1) is 11.8 Å². The number of hydrogen-bond donors (Lipinski definition) is 2. The molecule has 1 unspecified atom stereocenters. The first-order valence-corrected chi connectivity index (χ1v) is 8.26. The maximum atomic E-state index is 12.2. The number of aromatic nitrogens is 1. The molecule has 0 aliphatic carbocycles. The number of nitrogens with zero attached hydrogens (tertiary/aromatic N) is 1. The van der Waals surface area contributed by atoms with Crippen LogP contribution in [0.25, 0.3) is 10.9 Å². The molecule has 2 N–H and O–H groups in total. The van der Waals surface area contributed by atoms with Gasteiger partial charge in [0.15, 0.2) is 0 Å². The molecule has 1 saturated heterocycles. The van der Waals surface area contributed by atoms with Gasteiger partial charge in [0.25, 0.3) is 0 Å². The number of rotatable bonds is 6. The van der Waals surface area contributed by atoms with E-state index in [2.05, 4.69) is 5.32 Å². The summed E-state index contributed by atoms with van der Waals surface area (Å²) in [5, 5.41) is 13.3. The number of aliphatic carboxylic acids is 1. The predicted octanol–water partition coefficient (Wildman–Crippen LogP) is 1.88. The van der Waals surface area contributed by atoms with Gasteiger partial charge in [0.1, 0.15) is 6.54 Å². The number of fused-ring (bicyclic) bond motifs is 1. The summed E-state index contributed by atoms with van der Waals surface area (Å²) in [5.74, 6) is -1.52. The van der Waals surface area contributed by atoms with Crippen molar-refractivity contribution < 1.29 is 19.4 Å². The Bertz CT molecular complexity index is 719. The lowest BCUT2D eigenvalue weighted by Crippen LogP contribution is -2.39. The SMILES string of the molecule is O=C(Cn1ccc2ccccc21)NCC(C(=O)O)C1CCOCC1. The van der Waals surface area contributed by atoms with E-state index < -0.39 is 11.9 Å². The number of carbonyl (C=O) groups excluding carboxylic acids is 1. The molecule has 6 heteroatoms. The predicted molar refractivity (Wildman–Crippen MR) is 89.6 cm³/mol. The fourth-order valence-electron chi connectivity index (χ4n) is 3.29. The molecule has 1 amide bonds. The van der Waals surface area contributed by atoms with Crippen LogP contribution in [-0.4, -0.2) is 41.3 Å². The van der Waals surface area contributed by atoms with Crippen molar-refractivity contribution in [3.05, 3.63) is 36.5 Å². The average molecular weight is 330 g/mol. The van der Waals surface area contributed by atoms with Crippen LogP contribution in [0.2, 0.25) is 0 Å². The van der Waals surface area contributed by atoms with Crippen molar-refractivity contribution >= 4 is 22.8 Å². The van der Waals surface area contributed by atoms with Gasteiger partial charge in [-0.15, -0.1) is 0 Å². The molecule has 6 nitrogen and oxygen atoms in total. The van der Waals surface area contributed by atoms with Crippen LogP contribution in [0.3, 0.4) is 0 Å².